The highest BCUT2D eigenvalue weighted by atomic mass is 35.5. The molecule has 1 aromatic rings. The molecule has 1 aliphatic heterocycles. The van der Waals surface area contributed by atoms with Crippen LogP contribution >= 0.6 is 11.6 Å². The molecule has 1 saturated heterocycles. The Bertz CT molecular complexity index is 797. The second-order valence-corrected chi connectivity index (χ2v) is 10.4. The van der Waals surface area contributed by atoms with E-state index in [2.05, 4.69) is 0 Å². The zero-order valence-corrected chi connectivity index (χ0v) is 20.1. The van der Waals surface area contributed by atoms with Gasteiger partial charge >= 0.3 is 6.09 Å². The molecule has 172 valence electrons. The van der Waals surface area contributed by atoms with Crippen LogP contribution in [0.2, 0.25) is 5.02 Å². The predicted molar refractivity (Wildman–Crippen MR) is 122 cm³/mol. The van der Waals surface area contributed by atoms with Gasteiger partial charge in [-0.2, -0.15) is 0 Å². The van der Waals surface area contributed by atoms with Gasteiger partial charge in [-0.1, -0.05) is 11.6 Å². The average molecular weight is 451 g/mol. The van der Waals surface area contributed by atoms with E-state index in [0.717, 1.165) is 44.5 Å². The van der Waals surface area contributed by atoms with E-state index in [1.807, 2.05) is 31.7 Å². The van der Waals surface area contributed by atoms with E-state index in [0.29, 0.717) is 22.4 Å². The van der Waals surface area contributed by atoms with Crippen LogP contribution in [0.5, 0.6) is 5.75 Å². The molecule has 2 fully saturated rings. The molecule has 0 unspecified atom stereocenters. The molecule has 31 heavy (non-hydrogen) atoms. The van der Waals surface area contributed by atoms with Gasteiger partial charge in [0.15, 0.2) is 0 Å². The van der Waals surface area contributed by atoms with Gasteiger partial charge in [-0.3, -0.25) is 4.79 Å². The molecule has 2 atom stereocenters. The first-order valence-corrected chi connectivity index (χ1v) is 11.6. The van der Waals surface area contributed by atoms with Gasteiger partial charge in [0.2, 0.25) is 0 Å². The second-order valence-electron chi connectivity index (χ2n) is 9.98. The number of halogens is 1. The summed E-state index contributed by atoms with van der Waals surface area (Å²) >= 11 is 6.28. The molecule has 0 radical (unpaired) electrons. The lowest BCUT2D eigenvalue weighted by molar-refractivity contribution is 0.0180. The lowest BCUT2D eigenvalue weighted by Crippen LogP contribution is -2.41. The Hall–Kier alpha value is -1.95. The summed E-state index contributed by atoms with van der Waals surface area (Å²) in [7, 11) is 3.42. The number of carbonyl (C=O) groups is 2. The molecule has 1 aliphatic carbocycles. The highest BCUT2D eigenvalue weighted by Gasteiger charge is 2.39. The molecule has 0 bridgehead atoms. The van der Waals surface area contributed by atoms with Crippen molar-refractivity contribution in [2.45, 2.75) is 64.6 Å². The van der Waals surface area contributed by atoms with Crippen molar-refractivity contribution in [3.8, 4) is 5.75 Å². The zero-order chi connectivity index (χ0) is 22.8. The van der Waals surface area contributed by atoms with Crippen LogP contribution in [0.25, 0.3) is 0 Å². The molecule has 0 N–H and O–H groups in total. The third-order valence-electron chi connectivity index (χ3n) is 5.93. The molecule has 6 nitrogen and oxygen atoms in total. The summed E-state index contributed by atoms with van der Waals surface area (Å²) in [5, 5.41) is 0.421. The van der Waals surface area contributed by atoms with Gasteiger partial charge in [-0.15, -0.1) is 0 Å². The first-order chi connectivity index (χ1) is 14.5. The maximum Gasteiger partial charge on any atom is 0.410 e. The third-order valence-corrected chi connectivity index (χ3v) is 6.25. The maximum absolute atomic E-state index is 12.2. The lowest BCUT2D eigenvalue weighted by atomic mass is 9.91. The standard InChI is InChI=1S/C24H35ClN2O4/c1-24(2,3)31-23(29)27-12-10-16(11-13-27)6-7-17-14-21(17)30-18-8-9-19(20(25)15-18)22(28)26(4)5/h8-9,15-17,21H,6-7,10-14H2,1-5H3/t17-,21-/m1/s1. The van der Waals surface area contributed by atoms with Gasteiger partial charge in [0.05, 0.1) is 10.6 Å². The Balaban J connectivity index is 1.38. The topological polar surface area (TPSA) is 59.1 Å². The van der Waals surface area contributed by atoms with Gasteiger partial charge in [0.1, 0.15) is 17.5 Å². The Kier molecular flexibility index (Phi) is 7.40. The van der Waals surface area contributed by atoms with Crippen LogP contribution in [-0.4, -0.2) is 60.7 Å². The number of nitrogens with zero attached hydrogens (tertiary/aromatic N) is 2. The van der Waals surface area contributed by atoms with E-state index >= 15 is 0 Å². The summed E-state index contributed by atoms with van der Waals surface area (Å²) in [6.07, 6.45) is 5.48. The summed E-state index contributed by atoms with van der Waals surface area (Å²) < 4.78 is 11.5. The minimum absolute atomic E-state index is 0.112. The van der Waals surface area contributed by atoms with Crippen molar-refractivity contribution >= 4 is 23.6 Å². The normalized spacial score (nSPS) is 21.5. The number of carbonyl (C=O) groups excluding carboxylic acids is 2. The van der Waals surface area contributed by atoms with Crippen LogP contribution in [0.1, 0.15) is 63.2 Å². The third kappa shape index (κ3) is 6.76. The molecule has 3 rings (SSSR count). The molecular formula is C24H35ClN2O4. The van der Waals surface area contributed by atoms with Crippen LogP contribution in [0.4, 0.5) is 4.79 Å². The molecule has 0 spiro atoms. The average Bonchev–Trinajstić information content (AvgIpc) is 3.42. The first-order valence-electron chi connectivity index (χ1n) is 11.2. The minimum Gasteiger partial charge on any atom is -0.490 e. The number of likely N-dealkylation sites (tertiary alicyclic amines) is 1. The summed E-state index contributed by atoms with van der Waals surface area (Å²) in [5.41, 5.74) is 0.0468. The number of ether oxygens (including phenoxy) is 2. The van der Waals surface area contributed by atoms with E-state index in [4.69, 9.17) is 21.1 Å². The quantitative estimate of drug-likeness (QED) is 0.594. The summed E-state index contributed by atoms with van der Waals surface area (Å²) in [6, 6.07) is 5.29. The van der Waals surface area contributed by atoms with E-state index < -0.39 is 5.60 Å². The summed E-state index contributed by atoms with van der Waals surface area (Å²) in [4.78, 5) is 27.6. The van der Waals surface area contributed by atoms with Crippen LogP contribution < -0.4 is 4.74 Å². The molecular weight excluding hydrogens is 416 g/mol. The number of hydrogen-bond acceptors (Lipinski definition) is 4. The number of hydrogen-bond donors (Lipinski definition) is 0. The predicted octanol–water partition coefficient (Wildman–Crippen LogP) is 5.24. The molecule has 1 aromatic carbocycles. The molecule has 7 heteroatoms. The molecule has 1 saturated carbocycles. The fraction of sp³-hybridized carbons (Fsp3) is 0.667. The molecule has 0 aromatic heterocycles. The lowest BCUT2D eigenvalue weighted by Gasteiger charge is -2.33. The summed E-state index contributed by atoms with van der Waals surface area (Å²) in [6.45, 7) is 7.26. The van der Waals surface area contributed by atoms with Crippen LogP contribution in [0, 0.1) is 11.8 Å². The minimum atomic E-state index is -0.443. The van der Waals surface area contributed by atoms with E-state index in [1.165, 1.54) is 11.3 Å². The molecule has 2 amide bonds. The van der Waals surface area contributed by atoms with E-state index in [9.17, 15) is 9.59 Å². The molecule has 1 heterocycles. The monoisotopic (exact) mass is 450 g/mol. The van der Waals surface area contributed by atoms with E-state index in [-0.39, 0.29) is 18.1 Å². The van der Waals surface area contributed by atoms with Crippen LogP contribution in [0.3, 0.4) is 0 Å². The van der Waals surface area contributed by atoms with Crippen LogP contribution in [-0.2, 0) is 4.74 Å². The van der Waals surface area contributed by atoms with Gasteiger partial charge < -0.3 is 19.3 Å². The van der Waals surface area contributed by atoms with Gasteiger partial charge in [-0.05, 0) is 82.9 Å². The van der Waals surface area contributed by atoms with Crippen molar-refractivity contribution in [2.75, 3.05) is 27.2 Å². The van der Waals surface area contributed by atoms with Crippen LogP contribution in [0.15, 0.2) is 18.2 Å². The number of piperidine rings is 1. The Morgan fingerprint density at radius 2 is 1.84 bits per heavy atom. The Morgan fingerprint density at radius 1 is 1.16 bits per heavy atom. The number of benzene rings is 1. The number of rotatable bonds is 6. The maximum atomic E-state index is 12.2. The smallest absolute Gasteiger partial charge is 0.410 e. The Labute approximate surface area is 190 Å². The van der Waals surface area contributed by atoms with Gasteiger partial charge in [-0.25, -0.2) is 4.79 Å². The van der Waals surface area contributed by atoms with Gasteiger partial charge in [0.25, 0.3) is 5.91 Å². The highest BCUT2D eigenvalue weighted by molar-refractivity contribution is 6.34. The first kappa shape index (κ1) is 23.7. The fourth-order valence-electron chi connectivity index (χ4n) is 4.01. The second kappa shape index (κ2) is 9.68. The van der Waals surface area contributed by atoms with Crippen molar-refractivity contribution in [1.82, 2.24) is 9.80 Å². The zero-order valence-electron chi connectivity index (χ0n) is 19.3. The largest absolute Gasteiger partial charge is 0.490 e. The SMILES string of the molecule is CN(C)C(=O)c1ccc(O[C@@H]2C[C@H]2CCC2CCN(C(=O)OC(C)(C)C)CC2)cc1Cl. The van der Waals surface area contributed by atoms with Crippen molar-refractivity contribution < 1.29 is 19.1 Å². The fourth-order valence-corrected chi connectivity index (χ4v) is 4.26. The van der Waals surface area contributed by atoms with Gasteiger partial charge in [0, 0.05) is 27.2 Å². The van der Waals surface area contributed by atoms with Crippen molar-refractivity contribution in [2.24, 2.45) is 11.8 Å². The highest BCUT2D eigenvalue weighted by Crippen LogP contribution is 2.40. The van der Waals surface area contributed by atoms with E-state index in [1.54, 1.807) is 26.2 Å². The van der Waals surface area contributed by atoms with Crippen molar-refractivity contribution in [3.05, 3.63) is 28.8 Å². The Morgan fingerprint density at radius 3 is 2.42 bits per heavy atom. The van der Waals surface area contributed by atoms with Crippen molar-refractivity contribution in [3.63, 3.8) is 0 Å². The summed E-state index contributed by atoms with van der Waals surface area (Å²) in [5.74, 6) is 1.84. The molecule has 2 aliphatic rings. The number of amides is 2. The van der Waals surface area contributed by atoms with Crippen molar-refractivity contribution in [1.29, 1.82) is 0 Å².